The zero-order chi connectivity index (χ0) is 21.0. The standard InChI is InChI=1S/C19H20FN9/c1-11(16(28-24)8-25-15-5-3-2-4-13(15)20)29-9-12(14(22)6-7-21)17-18(23)26-10-27-19(17)29/h2-11,21H,22,24H2,1H3,(H2,23,26,27). The van der Waals surface area contributed by atoms with E-state index in [4.69, 9.17) is 22.7 Å². The summed E-state index contributed by atoms with van der Waals surface area (Å²) in [6, 6.07) is 5.71. The molecule has 0 radical (unpaired) electrons. The van der Waals surface area contributed by atoms with Gasteiger partial charge in [-0.3, -0.25) is 4.99 Å². The van der Waals surface area contributed by atoms with E-state index in [1.165, 1.54) is 24.7 Å². The monoisotopic (exact) mass is 393 g/mol. The van der Waals surface area contributed by atoms with Crippen LogP contribution in [0.3, 0.4) is 0 Å². The van der Waals surface area contributed by atoms with Crippen LogP contribution in [0.4, 0.5) is 15.9 Å². The minimum atomic E-state index is -0.452. The highest BCUT2D eigenvalue weighted by Gasteiger charge is 2.20. The van der Waals surface area contributed by atoms with Crippen molar-refractivity contribution in [1.82, 2.24) is 14.5 Å². The van der Waals surface area contributed by atoms with Crippen molar-refractivity contribution in [3.05, 3.63) is 54.2 Å². The van der Waals surface area contributed by atoms with Crippen LogP contribution in [-0.2, 0) is 0 Å². The number of aromatic nitrogens is 3. The smallest absolute Gasteiger partial charge is 0.148 e. The lowest BCUT2D eigenvalue weighted by atomic mass is 10.1. The first kappa shape index (κ1) is 19.7. The maximum atomic E-state index is 13.8. The van der Waals surface area contributed by atoms with Crippen LogP contribution in [0.5, 0.6) is 0 Å². The highest BCUT2D eigenvalue weighted by molar-refractivity contribution is 6.32. The molecule has 9 nitrogen and oxygen atoms in total. The van der Waals surface area contributed by atoms with Gasteiger partial charge in [-0.05, 0) is 25.1 Å². The summed E-state index contributed by atoms with van der Waals surface area (Å²) in [7, 11) is 0. The minimum Gasteiger partial charge on any atom is -0.398 e. The van der Waals surface area contributed by atoms with E-state index < -0.39 is 11.9 Å². The summed E-state index contributed by atoms with van der Waals surface area (Å²) in [6.07, 6.45) is 6.99. The topological polar surface area (TPSA) is 157 Å². The predicted octanol–water partition coefficient (Wildman–Crippen LogP) is 2.38. The number of fused-ring (bicyclic) bond motifs is 1. The molecule has 0 amide bonds. The molecule has 2 aromatic heterocycles. The van der Waals surface area contributed by atoms with E-state index in [2.05, 4.69) is 20.1 Å². The number of para-hydroxylation sites is 1. The van der Waals surface area contributed by atoms with Gasteiger partial charge < -0.3 is 27.3 Å². The summed E-state index contributed by atoms with van der Waals surface area (Å²) in [5.41, 5.74) is 14.1. The number of nitrogens with zero attached hydrogens (tertiary/aromatic N) is 5. The number of halogens is 1. The Morgan fingerprint density at radius 2 is 2.07 bits per heavy atom. The highest BCUT2D eigenvalue weighted by Crippen LogP contribution is 2.30. The summed E-state index contributed by atoms with van der Waals surface area (Å²) in [6.45, 7) is 1.83. The highest BCUT2D eigenvalue weighted by atomic mass is 19.1. The summed E-state index contributed by atoms with van der Waals surface area (Å²) < 4.78 is 15.6. The Hall–Kier alpha value is -4.08. The second kappa shape index (κ2) is 8.30. The first-order valence-electron chi connectivity index (χ1n) is 8.61. The van der Waals surface area contributed by atoms with E-state index in [9.17, 15) is 4.39 Å². The van der Waals surface area contributed by atoms with Crippen LogP contribution in [0.2, 0.25) is 0 Å². The van der Waals surface area contributed by atoms with Gasteiger partial charge in [0.15, 0.2) is 0 Å². The maximum absolute atomic E-state index is 13.8. The number of allylic oxidation sites excluding steroid dienone is 1. The van der Waals surface area contributed by atoms with Crippen LogP contribution in [0.1, 0.15) is 18.5 Å². The van der Waals surface area contributed by atoms with Gasteiger partial charge in [-0.2, -0.15) is 5.10 Å². The lowest BCUT2D eigenvalue weighted by molar-refractivity contribution is 0.630. The molecule has 0 saturated carbocycles. The van der Waals surface area contributed by atoms with Crippen LogP contribution in [0.25, 0.3) is 16.7 Å². The van der Waals surface area contributed by atoms with Crippen molar-refractivity contribution in [2.75, 3.05) is 5.73 Å². The average molecular weight is 393 g/mol. The van der Waals surface area contributed by atoms with Crippen LogP contribution >= 0.6 is 0 Å². The van der Waals surface area contributed by atoms with Gasteiger partial charge >= 0.3 is 0 Å². The van der Waals surface area contributed by atoms with E-state index in [0.29, 0.717) is 28.0 Å². The van der Waals surface area contributed by atoms with Gasteiger partial charge in [0.1, 0.15) is 29.3 Å². The van der Waals surface area contributed by atoms with Gasteiger partial charge in [-0.25, -0.2) is 14.4 Å². The van der Waals surface area contributed by atoms with Gasteiger partial charge in [-0.15, -0.1) is 0 Å². The van der Waals surface area contributed by atoms with Crippen LogP contribution in [0, 0.1) is 11.2 Å². The molecule has 0 bridgehead atoms. The van der Waals surface area contributed by atoms with Crippen molar-refractivity contribution in [3.63, 3.8) is 0 Å². The van der Waals surface area contributed by atoms with Gasteiger partial charge in [-0.1, -0.05) is 12.1 Å². The molecule has 1 aromatic carbocycles. The van der Waals surface area contributed by atoms with E-state index in [1.54, 1.807) is 29.0 Å². The molecule has 1 unspecified atom stereocenters. The first-order chi connectivity index (χ1) is 14.0. The van der Waals surface area contributed by atoms with E-state index in [-0.39, 0.29) is 11.5 Å². The molecule has 3 rings (SSSR count). The summed E-state index contributed by atoms with van der Waals surface area (Å²) in [4.78, 5) is 12.5. The lowest BCUT2D eigenvalue weighted by Gasteiger charge is -2.14. The Kier molecular flexibility index (Phi) is 5.63. The Morgan fingerprint density at radius 3 is 2.76 bits per heavy atom. The number of benzene rings is 1. The number of hydrogen-bond acceptors (Lipinski definition) is 8. The molecule has 3 aromatic rings. The van der Waals surface area contributed by atoms with Crippen LogP contribution < -0.4 is 17.3 Å². The molecule has 148 valence electrons. The summed E-state index contributed by atoms with van der Waals surface area (Å²) in [5, 5.41) is 11.6. The van der Waals surface area contributed by atoms with Crippen LogP contribution in [0.15, 0.2) is 53.0 Å². The van der Waals surface area contributed by atoms with Gasteiger partial charge in [0, 0.05) is 23.7 Å². The second-order valence-electron chi connectivity index (χ2n) is 6.14. The van der Waals surface area contributed by atoms with Crippen molar-refractivity contribution < 1.29 is 4.39 Å². The normalized spacial score (nSPS) is 13.9. The molecule has 10 heteroatoms. The molecule has 0 aliphatic heterocycles. The largest absolute Gasteiger partial charge is 0.398 e. The Morgan fingerprint density at radius 1 is 1.31 bits per heavy atom. The number of nitrogens with one attached hydrogen (secondary N) is 1. The van der Waals surface area contributed by atoms with Crippen molar-refractivity contribution in [1.29, 1.82) is 5.41 Å². The van der Waals surface area contributed by atoms with Crippen molar-refractivity contribution >= 4 is 46.4 Å². The molecule has 7 N–H and O–H groups in total. The number of rotatable bonds is 6. The molecule has 0 spiro atoms. The molecular formula is C19H20FN9. The molecule has 29 heavy (non-hydrogen) atoms. The molecule has 1 atom stereocenters. The third-order valence-corrected chi connectivity index (χ3v) is 4.40. The average Bonchev–Trinajstić information content (AvgIpc) is 3.11. The minimum absolute atomic E-state index is 0.170. The number of nitrogens with two attached hydrogens (primary N) is 3. The van der Waals surface area contributed by atoms with Crippen molar-refractivity contribution in [2.24, 2.45) is 21.7 Å². The summed E-state index contributed by atoms with van der Waals surface area (Å²) >= 11 is 0. The zero-order valence-corrected chi connectivity index (χ0v) is 15.6. The quantitative estimate of drug-likeness (QED) is 0.287. The second-order valence-corrected chi connectivity index (χ2v) is 6.14. The van der Waals surface area contributed by atoms with Gasteiger partial charge in [0.25, 0.3) is 0 Å². The lowest BCUT2D eigenvalue weighted by Crippen LogP contribution is -2.19. The van der Waals surface area contributed by atoms with E-state index >= 15 is 0 Å². The predicted molar refractivity (Wildman–Crippen MR) is 114 cm³/mol. The van der Waals surface area contributed by atoms with Crippen molar-refractivity contribution in [3.8, 4) is 0 Å². The summed E-state index contributed by atoms with van der Waals surface area (Å²) in [5.74, 6) is 5.37. The fourth-order valence-electron chi connectivity index (χ4n) is 2.89. The fourth-order valence-corrected chi connectivity index (χ4v) is 2.89. The number of hydrazone groups is 1. The third kappa shape index (κ3) is 3.81. The molecule has 0 aliphatic rings. The molecule has 0 aliphatic carbocycles. The molecule has 2 heterocycles. The SMILES string of the molecule is CC(C(C=Nc1ccccc1F)=NN)n1cc(C(N)=CC=N)c2c(N)ncnc21. The number of nitrogen functional groups attached to an aromatic ring is 1. The Labute approximate surface area is 166 Å². The molecule has 0 fully saturated rings. The van der Waals surface area contributed by atoms with Gasteiger partial charge in [0.2, 0.25) is 0 Å². The van der Waals surface area contributed by atoms with Crippen molar-refractivity contribution in [2.45, 2.75) is 13.0 Å². The Balaban J connectivity index is 2.07. The number of hydrogen-bond donors (Lipinski definition) is 4. The molecule has 0 saturated heterocycles. The van der Waals surface area contributed by atoms with Gasteiger partial charge in [0.05, 0.1) is 23.3 Å². The van der Waals surface area contributed by atoms with Crippen LogP contribution in [-0.4, -0.2) is 32.7 Å². The fraction of sp³-hybridized carbons (Fsp3) is 0.105. The van der Waals surface area contributed by atoms with E-state index in [1.807, 2.05) is 6.92 Å². The first-order valence-corrected chi connectivity index (χ1v) is 8.61. The molecular weight excluding hydrogens is 373 g/mol. The Bertz CT molecular complexity index is 1140. The van der Waals surface area contributed by atoms with E-state index in [0.717, 1.165) is 6.21 Å². The number of aliphatic imine (C=N–C) groups is 1. The zero-order valence-electron chi connectivity index (χ0n) is 15.6. The number of anilines is 1. The third-order valence-electron chi connectivity index (χ3n) is 4.40. The maximum Gasteiger partial charge on any atom is 0.148 e.